The van der Waals surface area contributed by atoms with Gasteiger partial charge < -0.3 is 14.4 Å². The van der Waals surface area contributed by atoms with Crippen molar-refractivity contribution < 1.29 is 17.9 Å². The number of aromatic nitrogens is 1. The lowest BCUT2D eigenvalue weighted by molar-refractivity contribution is 0.198. The van der Waals surface area contributed by atoms with Gasteiger partial charge in [-0.3, -0.25) is 0 Å². The SMILES string of the molecule is CCN(C)c1ccc2cc(-c3ccc4ccc(CS(=O)(=O)NCC(C)O)cc4n3)c(=O)oc2c1. The van der Waals surface area contributed by atoms with Crippen molar-refractivity contribution in [2.75, 3.05) is 25.0 Å². The minimum Gasteiger partial charge on any atom is -0.422 e. The number of hydrogen-bond acceptors (Lipinski definition) is 7. The fourth-order valence-electron chi connectivity index (χ4n) is 3.62. The highest BCUT2D eigenvalue weighted by Crippen LogP contribution is 2.26. The van der Waals surface area contributed by atoms with Crippen molar-refractivity contribution in [1.29, 1.82) is 0 Å². The van der Waals surface area contributed by atoms with Crippen molar-refractivity contribution in [2.45, 2.75) is 25.7 Å². The molecule has 178 valence electrons. The summed E-state index contributed by atoms with van der Waals surface area (Å²) in [4.78, 5) is 19.4. The molecule has 34 heavy (non-hydrogen) atoms. The largest absolute Gasteiger partial charge is 0.422 e. The van der Waals surface area contributed by atoms with Gasteiger partial charge in [-0.2, -0.15) is 0 Å². The Morgan fingerprint density at radius 3 is 2.56 bits per heavy atom. The number of rotatable bonds is 8. The van der Waals surface area contributed by atoms with Crippen LogP contribution in [0.1, 0.15) is 19.4 Å². The minimum absolute atomic E-state index is 0.0493. The molecule has 2 N–H and O–H groups in total. The summed E-state index contributed by atoms with van der Waals surface area (Å²) in [6.07, 6.45) is -0.775. The van der Waals surface area contributed by atoms with Crippen molar-refractivity contribution in [2.24, 2.45) is 0 Å². The Balaban J connectivity index is 1.69. The van der Waals surface area contributed by atoms with Crippen LogP contribution in [0.25, 0.3) is 33.1 Å². The molecule has 8 nitrogen and oxygen atoms in total. The summed E-state index contributed by atoms with van der Waals surface area (Å²) in [7, 11) is -1.64. The Morgan fingerprint density at radius 2 is 1.82 bits per heavy atom. The molecule has 0 saturated heterocycles. The molecule has 4 rings (SSSR count). The highest BCUT2D eigenvalue weighted by atomic mass is 32.2. The highest BCUT2D eigenvalue weighted by molar-refractivity contribution is 7.88. The van der Waals surface area contributed by atoms with Crippen LogP contribution in [0.5, 0.6) is 0 Å². The molecule has 0 radical (unpaired) electrons. The molecule has 1 atom stereocenters. The second kappa shape index (κ2) is 9.54. The zero-order valence-corrected chi connectivity index (χ0v) is 20.1. The van der Waals surface area contributed by atoms with Gasteiger partial charge in [0, 0.05) is 42.7 Å². The second-order valence-electron chi connectivity index (χ2n) is 8.36. The Bertz CT molecular complexity index is 1510. The molecule has 2 aromatic heterocycles. The quantitative estimate of drug-likeness (QED) is 0.372. The maximum absolute atomic E-state index is 12.8. The number of anilines is 1. The van der Waals surface area contributed by atoms with Crippen LogP contribution in [0.3, 0.4) is 0 Å². The van der Waals surface area contributed by atoms with E-state index in [2.05, 4.69) is 14.6 Å². The summed E-state index contributed by atoms with van der Waals surface area (Å²) in [6, 6.07) is 16.3. The van der Waals surface area contributed by atoms with Crippen molar-refractivity contribution in [3.8, 4) is 11.3 Å². The van der Waals surface area contributed by atoms with Crippen LogP contribution in [-0.2, 0) is 15.8 Å². The first-order valence-corrected chi connectivity index (χ1v) is 12.6. The molecular formula is C25H27N3O5S. The van der Waals surface area contributed by atoms with Crippen LogP contribution < -0.4 is 15.2 Å². The zero-order chi connectivity index (χ0) is 24.5. The number of nitrogens with one attached hydrogen (secondary N) is 1. The van der Waals surface area contributed by atoms with Gasteiger partial charge in [0.05, 0.1) is 28.6 Å². The van der Waals surface area contributed by atoms with Crippen molar-refractivity contribution in [3.05, 3.63) is 70.6 Å². The first-order valence-electron chi connectivity index (χ1n) is 11.0. The molecule has 2 heterocycles. The Labute approximate surface area is 197 Å². The van der Waals surface area contributed by atoms with Crippen LogP contribution in [0, 0.1) is 0 Å². The summed E-state index contributed by atoms with van der Waals surface area (Å²) < 4.78 is 32.5. The van der Waals surface area contributed by atoms with Crippen LogP contribution >= 0.6 is 0 Å². The van der Waals surface area contributed by atoms with E-state index in [0.29, 0.717) is 27.9 Å². The lowest BCUT2D eigenvalue weighted by Crippen LogP contribution is -2.31. The van der Waals surface area contributed by atoms with Crippen molar-refractivity contribution >= 4 is 37.6 Å². The standard InChI is InChI=1S/C25H27N3O5S/c1-4-28(3)20-9-7-19-12-21(25(30)33-24(19)13-20)22-10-8-18-6-5-17(11-23(18)27-22)15-34(31,32)26-14-16(2)29/h5-13,16,26,29H,4,14-15H2,1-3H3. The third-order valence-corrected chi connectivity index (χ3v) is 6.94. The van der Waals surface area contributed by atoms with Crippen LogP contribution in [-0.4, -0.2) is 44.7 Å². The molecule has 0 bridgehead atoms. The van der Waals surface area contributed by atoms with Crippen LogP contribution in [0.2, 0.25) is 0 Å². The van der Waals surface area contributed by atoms with Gasteiger partial charge in [0.2, 0.25) is 10.0 Å². The molecule has 0 aliphatic rings. The average Bonchev–Trinajstić information content (AvgIpc) is 2.80. The molecule has 2 aromatic carbocycles. The van der Waals surface area contributed by atoms with E-state index in [1.165, 1.54) is 6.92 Å². The van der Waals surface area contributed by atoms with E-state index in [4.69, 9.17) is 4.42 Å². The summed E-state index contributed by atoms with van der Waals surface area (Å²) >= 11 is 0. The van der Waals surface area contributed by atoms with Gasteiger partial charge in [-0.1, -0.05) is 18.2 Å². The van der Waals surface area contributed by atoms with Crippen LogP contribution in [0.4, 0.5) is 5.69 Å². The molecule has 0 saturated carbocycles. The fourth-order valence-corrected chi connectivity index (χ4v) is 4.83. The van der Waals surface area contributed by atoms with Gasteiger partial charge in [0.1, 0.15) is 5.58 Å². The number of aliphatic hydroxyl groups excluding tert-OH is 1. The Morgan fingerprint density at radius 1 is 1.09 bits per heavy atom. The van der Waals surface area contributed by atoms with E-state index in [-0.39, 0.29) is 12.3 Å². The minimum atomic E-state index is -3.61. The molecule has 1 unspecified atom stereocenters. The van der Waals surface area contributed by atoms with Gasteiger partial charge in [-0.25, -0.2) is 22.9 Å². The van der Waals surface area contributed by atoms with E-state index >= 15 is 0 Å². The van der Waals surface area contributed by atoms with E-state index in [1.54, 1.807) is 30.3 Å². The lowest BCUT2D eigenvalue weighted by Gasteiger charge is -2.16. The second-order valence-corrected chi connectivity index (χ2v) is 10.2. The molecule has 0 spiro atoms. The Hall–Kier alpha value is -3.27. The molecular weight excluding hydrogens is 454 g/mol. The number of hydrogen-bond donors (Lipinski definition) is 2. The number of pyridine rings is 1. The van der Waals surface area contributed by atoms with Gasteiger partial charge in [-0.15, -0.1) is 0 Å². The number of aliphatic hydroxyl groups is 1. The smallest absolute Gasteiger partial charge is 0.345 e. The third-order valence-electron chi connectivity index (χ3n) is 5.62. The van der Waals surface area contributed by atoms with Crippen molar-refractivity contribution in [1.82, 2.24) is 9.71 Å². The summed E-state index contributed by atoms with van der Waals surface area (Å²) in [5, 5.41) is 10.9. The maximum atomic E-state index is 12.8. The molecule has 9 heteroatoms. The molecule has 4 aromatic rings. The maximum Gasteiger partial charge on any atom is 0.345 e. The lowest BCUT2D eigenvalue weighted by atomic mass is 10.1. The molecule has 0 aliphatic carbocycles. The number of benzene rings is 2. The van der Waals surface area contributed by atoms with Gasteiger partial charge in [0.25, 0.3) is 0 Å². The monoisotopic (exact) mass is 481 g/mol. The summed E-state index contributed by atoms with van der Waals surface area (Å²) in [5.74, 6) is -0.242. The zero-order valence-electron chi connectivity index (χ0n) is 19.3. The first-order chi connectivity index (χ1) is 16.1. The predicted molar refractivity (Wildman–Crippen MR) is 134 cm³/mol. The molecule has 0 fully saturated rings. The fraction of sp³-hybridized carbons (Fsp3) is 0.280. The number of nitrogens with zero attached hydrogens (tertiary/aromatic N) is 2. The number of fused-ring (bicyclic) bond motifs is 2. The van der Waals surface area contributed by atoms with Crippen LogP contribution in [0.15, 0.2) is 63.8 Å². The number of sulfonamides is 1. The highest BCUT2D eigenvalue weighted by Gasteiger charge is 2.14. The van der Waals surface area contributed by atoms with Crippen molar-refractivity contribution in [3.63, 3.8) is 0 Å². The van der Waals surface area contributed by atoms with Gasteiger partial charge >= 0.3 is 5.63 Å². The third kappa shape index (κ3) is 5.27. The first kappa shape index (κ1) is 23.9. The van der Waals surface area contributed by atoms with Gasteiger partial charge in [0.15, 0.2) is 0 Å². The van der Waals surface area contributed by atoms with E-state index in [9.17, 15) is 18.3 Å². The predicted octanol–water partition coefficient (Wildman–Crippen LogP) is 3.26. The van der Waals surface area contributed by atoms with E-state index < -0.39 is 21.8 Å². The van der Waals surface area contributed by atoms with E-state index in [0.717, 1.165) is 23.0 Å². The van der Waals surface area contributed by atoms with E-state index in [1.807, 2.05) is 38.2 Å². The molecule has 0 amide bonds. The summed E-state index contributed by atoms with van der Waals surface area (Å²) in [6.45, 7) is 4.33. The topological polar surface area (TPSA) is 113 Å². The average molecular weight is 482 g/mol. The van der Waals surface area contributed by atoms with Gasteiger partial charge in [-0.05, 0) is 49.7 Å². The normalized spacial score (nSPS) is 12.8. The molecule has 0 aliphatic heterocycles. The Kier molecular flexibility index (Phi) is 6.70. The summed E-state index contributed by atoms with van der Waals surface area (Å²) in [5.41, 5.74) is 2.88.